The van der Waals surface area contributed by atoms with E-state index in [1.54, 1.807) is 39.3 Å². The van der Waals surface area contributed by atoms with Gasteiger partial charge in [-0.15, -0.1) is 0 Å². The predicted octanol–water partition coefficient (Wildman–Crippen LogP) is 1.53. The molecule has 0 spiro atoms. The van der Waals surface area contributed by atoms with Gasteiger partial charge in [0.05, 0.1) is 26.5 Å². The summed E-state index contributed by atoms with van der Waals surface area (Å²) in [5, 5.41) is 2.74. The van der Waals surface area contributed by atoms with Crippen LogP contribution < -0.4 is 14.8 Å². The lowest BCUT2D eigenvalue weighted by Gasteiger charge is -2.18. The van der Waals surface area contributed by atoms with Crippen molar-refractivity contribution in [1.82, 2.24) is 15.3 Å². The van der Waals surface area contributed by atoms with E-state index in [0.717, 1.165) is 5.56 Å². The maximum absolute atomic E-state index is 12.0. The molecular weight excluding hydrogens is 326 g/mol. The molecule has 1 amide bonds. The first-order chi connectivity index (χ1) is 12.0. The number of carbonyl (C=O) groups excluding carboxylic acids is 2. The summed E-state index contributed by atoms with van der Waals surface area (Å²) in [6.07, 6.45) is 4.07. The minimum atomic E-state index is -0.713. The van der Waals surface area contributed by atoms with Crippen molar-refractivity contribution in [1.29, 1.82) is 0 Å². The summed E-state index contributed by atoms with van der Waals surface area (Å²) in [6, 6.07) is 4.92. The maximum Gasteiger partial charge on any atom is 0.359 e. The Labute approximate surface area is 145 Å². The quantitative estimate of drug-likeness (QED) is 0.760. The number of ether oxygens (including phenoxy) is 3. The summed E-state index contributed by atoms with van der Waals surface area (Å²) in [7, 11) is 3.10. The molecule has 1 aromatic heterocycles. The number of rotatable bonds is 7. The number of hydrogen-bond acceptors (Lipinski definition) is 7. The standard InChI is InChI=1S/C17H19N3O5/c1-11(13-8-12(23-2)4-5-15(13)24-3)20-16(21)10-25-17(22)14-9-18-6-7-19-14/h4-9,11H,10H2,1-3H3,(H,20,21)/t11-/m0/s1. The van der Waals surface area contributed by atoms with E-state index < -0.39 is 18.5 Å². The number of nitrogens with one attached hydrogen (secondary N) is 1. The normalized spacial score (nSPS) is 11.3. The summed E-state index contributed by atoms with van der Waals surface area (Å²) in [4.78, 5) is 31.3. The zero-order valence-corrected chi connectivity index (χ0v) is 14.2. The molecule has 0 radical (unpaired) electrons. The van der Waals surface area contributed by atoms with Crippen LogP contribution >= 0.6 is 0 Å². The Bertz CT molecular complexity index is 736. The molecule has 1 atom stereocenters. The molecule has 1 aromatic carbocycles. The molecule has 8 nitrogen and oxygen atoms in total. The fraction of sp³-hybridized carbons (Fsp3) is 0.294. The molecule has 1 N–H and O–H groups in total. The molecule has 0 unspecified atom stereocenters. The number of aromatic nitrogens is 2. The Morgan fingerprint density at radius 2 is 2.00 bits per heavy atom. The Morgan fingerprint density at radius 3 is 2.64 bits per heavy atom. The lowest BCUT2D eigenvalue weighted by Crippen LogP contribution is -2.31. The molecule has 0 aliphatic heterocycles. The number of nitrogens with zero attached hydrogens (tertiary/aromatic N) is 2. The van der Waals surface area contributed by atoms with Crippen molar-refractivity contribution in [2.24, 2.45) is 0 Å². The highest BCUT2D eigenvalue weighted by Crippen LogP contribution is 2.29. The average Bonchev–Trinajstić information content (AvgIpc) is 2.66. The Kier molecular flexibility index (Phi) is 6.27. The third kappa shape index (κ3) is 4.90. The minimum absolute atomic E-state index is 0.0396. The first-order valence-electron chi connectivity index (χ1n) is 7.49. The number of amides is 1. The molecule has 132 valence electrons. The number of carbonyl (C=O) groups is 2. The third-order valence-electron chi connectivity index (χ3n) is 3.39. The Balaban J connectivity index is 1.95. The maximum atomic E-state index is 12.0. The highest BCUT2D eigenvalue weighted by atomic mass is 16.5. The largest absolute Gasteiger partial charge is 0.497 e. The second-order valence-corrected chi connectivity index (χ2v) is 5.06. The third-order valence-corrected chi connectivity index (χ3v) is 3.39. The van der Waals surface area contributed by atoms with E-state index in [1.807, 2.05) is 0 Å². The van der Waals surface area contributed by atoms with Crippen molar-refractivity contribution in [3.63, 3.8) is 0 Å². The van der Waals surface area contributed by atoms with Gasteiger partial charge in [0.1, 0.15) is 11.5 Å². The number of benzene rings is 1. The molecule has 8 heteroatoms. The zero-order chi connectivity index (χ0) is 18.2. The van der Waals surface area contributed by atoms with Crippen molar-refractivity contribution < 1.29 is 23.8 Å². The summed E-state index contributed by atoms with van der Waals surface area (Å²) < 4.78 is 15.4. The van der Waals surface area contributed by atoms with Crippen LogP contribution in [0.3, 0.4) is 0 Å². The number of esters is 1. The van der Waals surface area contributed by atoms with Crippen molar-refractivity contribution in [3.8, 4) is 11.5 Å². The SMILES string of the molecule is COc1ccc(OC)c([C@H](C)NC(=O)COC(=O)c2cnccn2)c1. The number of methoxy groups -OCH3 is 2. The first kappa shape index (κ1) is 18.2. The van der Waals surface area contributed by atoms with E-state index in [2.05, 4.69) is 15.3 Å². The van der Waals surface area contributed by atoms with Gasteiger partial charge in [-0.1, -0.05) is 0 Å². The molecule has 0 aliphatic carbocycles. The molecule has 25 heavy (non-hydrogen) atoms. The molecule has 1 heterocycles. The van der Waals surface area contributed by atoms with E-state index in [0.29, 0.717) is 11.5 Å². The van der Waals surface area contributed by atoms with Crippen LogP contribution in [-0.2, 0) is 9.53 Å². The minimum Gasteiger partial charge on any atom is -0.497 e. The fourth-order valence-corrected chi connectivity index (χ4v) is 2.15. The monoisotopic (exact) mass is 345 g/mol. The topological polar surface area (TPSA) is 99.6 Å². The summed E-state index contributed by atoms with van der Waals surface area (Å²) in [5.41, 5.74) is 0.785. The zero-order valence-electron chi connectivity index (χ0n) is 14.2. The van der Waals surface area contributed by atoms with Gasteiger partial charge < -0.3 is 19.5 Å². The van der Waals surface area contributed by atoms with Crippen molar-refractivity contribution in [2.45, 2.75) is 13.0 Å². The van der Waals surface area contributed by atoms with Crippen LogP contribution in [0.2, 0.25) is 0 Å². The lowest BCUT2D eigenvalue weighted by molar-refractivity contribution is -0.124. The number of hydrogen-bond donors (Lipinski definition) is 1. The van der Waals surface area contributed by atoms with E-state index in [-0.39, 0.29) is 11.7 Å². The van der Waals surface area contributed by atoms with Crippen LogP contribution in [-0.4, -0.2) is 42.7 Å². The second kappa shape index (κ2) is 8.62. The summed E-state index contributed by atoms with van der Waals surface area (Å²) in [5.74, 6) is 0.0978. The van der Waals surface area contributed by atoms with Gasteiger partial charge in [-0.2, -0.15) is 0 Å². The van der Waals surface area contributed by atoms with Gasteiger partial charge in [0.2, 0.25) is 0 Å². The van der Waals surface area contributed by atoms with Crippen LogP contribution in [0.4, 0.5) is 0 Å². The van der Waals surface area contributed by atoms with Gasteiger partial charge in [0.25, 0.3) is 5.91 Å². The molecule has 0 fully saturated rings. The van der Waals surface area contributed by atoms with Gasteiger partial charge in [0.15, 0.2) is 12.3 Å². The highest BCUT2D eigenvalue weighted by molar-refractivity contribution is 5.89. The lowest BCUT2D eigenvalue weighted by atomic mass is 10.1. The molecular formula is C17H19N3O5. The van der Waals surface area contributed by atoms with Gasteiger partial charge in [0, 0.05) is 18.0 Å². The van der Waals surface area contributed by atoms with E-state index in [1.165, 1.54) is 18.6 Å². The van der Waals surface area contributed by atoms with E-state index in [4.69, 9.17) is 14.2 Å². The fourth-order valence-electron chi connectivity index (χ4n) is 2.15. The second-order valence-electron chi connectivity index (χ2n) is 5.06. The molecule has 2 aromatic rings. The summed E-state index contributed by atoms with van der Waals surface area (Å²) >= 11 is 0. The van der Waals surface area contributed by atoms with E-state index >= 15 is 0 Å². The van der Waals surface area contributed by atoms with Crippen molar-refractivity contribution in [3.05, 3.63) is 48.0 Å². The Morgan fingerprint density at radius 1 is 1.20 bits per heavy atom. The molecule has 0 saturated heterocycles. The Hall–Kier alpha value is -3.16. The van der Waals surface area contributed by atoms with Crippen molar-refractivity contribution >= 4 is 11.9 Å². The molecule has 0 aliphatic rings. The van der Waals surface area contributed by atoms with Crippen LogP contribution in [0.25, 0.3) is 0 Å². The van der Waals surface area contributed by atoms with Crippen LogP contribution in [0.15, 0.2) is 36.8 Å². The molecule has 2 rings (SSSR count). The van der Waals surface area contributed by atoms with Crippen LogP contribution in [0.5, 0.6) is 11.5 Å². The van der Waals surface area contributed by atoms with Gasteiger partial charge >= 0.3 is 5.97 Å². The van der Waals surface area contributed by atoms with Gasteiger partial charge in [-0.05, 0) is 25.1 Å². The molecule has 0 saturated carbocycles. The van der Waals surface area contributed by atoms with Crippen LogP contribution in [0.1, 0.15) is 29.0 Å². The summed E-state index contributed by atoms with van der Waals surface area (Å²) in [6.45, 7) is 1.37. The predicted molar refractivity (Wildman–Crippen MR) is 88.4 cm³/mol. The van der Waals surface area contributed by atoms with Crippen LogP contribution in [0, 0.1) is 0 Å². The van der Waals surface area contributed by atoms with Crippen molar-refractivity contribution in [2.75, 3.05) is 20.8 Å². The molecule has 0 bridgehead atoms. The van der Waals surface area contributed by atoms with E-state index in [9.17, 15) is 9.59 Å². The smallest absolute Gasteiger partial charge is 0.359 e. The average molecular weight is 345 g/mol. The van der Waals surface area contributed by atoms with Gasteiger partial charge in [-0.3, -0.25) is 9.78 Å². The van der Waals surface area contributed by atoms with Gasteiger partial charge in [-0.25, -0.2) is 9.78 Å². The highest BCUT2D eigenvalue weighted by Gasteiger charge is 2.17. The first-order valence-corrected chi connectivity index (χ1v) is 7.49.